The summed E-state index contributed by atoms with van der Waals surface area (Å²) in [5.74, 6) is 0.931. The fraction of sp³-hybridized carbons (Fsp3) is 0.400. The van der Waals surface area contributed by atoms with Crippen LogP contribution in [0.25, 0.3) is 0 Å². The van der Waals surface area contributed by atoms with Crippen molar-refractivity contribution in [1.29, 1.82) is 0 Å². The van der Waals surface area contributed by atoms with Gasteiger partial charge in [0.2, 0.25) is 11.8 Å². The first-order valence-corrected chi connectivity index (χ1v) is 11.5. The number of rotatable bonds is 8. The number of anilines is 2. The second-order valence-corrected chi connectivity index (χ2v) is 8.41. The van der Waals surface area contributed by atoms with E-state index in [0.29, 0.717) is 49.7 Å². The van der Waals surface area contributed by atoms with Crippen molar-refractivity contribution < 1.29 is 19.1 Å². The summed E-state index contributed by atoms with van der Waals surface area (Å²) in [7, 11) is 0. The molecule has 1 aliphatic heterocycles. The molecule has 1 saturated heterocycles. The van der Waals surface area contributed by atoms with Gasteiger partial charge in [0.25, 0.3) is 5.91 Å². The first-order chi connectivity index (χ1) is 16.0. The minimum absolute atomic E-state index is 0.108. The number of hydrogen-bond acceptors (Lipinski definition) is 5. The van der Waals surface area contributed by atoms with Gasteiger partial charge in [0, 0.05) is 49.0 Å². The standard InChI is InChI=1S/C25H30N4O4/c1-2-33-22-11-9-21(10-12-22)27-24(31)18-5-7-20(8-6-18)26-23(30)17-28-13-15-29(16-14-28)25(32)19-3-4-19/h5-12,19H,2-4,13-17H2,1H3,(H,26,30)(H,27,31). The highest BCUT2D eigenvalue weighted by atomic mass is 16.5. The molecule has 0 unspecified atom stereocenters. The highest BCUT2D eigenvalue weighted by Gasteiger charge is 2.34. The molecule has 2 aliphatic rings. The average molecular weight is 451 g/mol. The Kier molecular flexibility index (Phi) is 7.24. The van der Waals surface area contributed by atoms with Crippen LogP contribution in [0.1, 0.15) is 30.1 Å². The maximum absolute atomic E-state index is 12.5. The minimum Gasteiger partial charge on any atom is -0.494 e. The van der Waals surface area contributed by atoms with Gasteiger partial charge in [-0.25, -0.2) is 0 Å². The van der Waals surface area contributed by atoms with Crippen LogP contribution in [0, 0.1) is 5.92 Å². The number of hydrogen-bond donors (Lipinski definition) is 2. The van der Waals surface area contributed by atoms with Crippen LogP contribution >= 0.6 is 0 Å². The molecule has 8 nitrogen and oxygen atoms in total. The van der Waals surface area contributed by atoms with Crippen LogP contribution in [0.5, 0.6) is 5.75 Å². The largest absolute Gasteiger partial charge is 0.494 e. The van der Waals surface area contributed by atoms with Gasteiger partial charge < -0.3 is 20.3 Å². The Morgan fingerprint density at radius 1 is 0.879 bits per heavy atom. The Hall–Kier alpha value is -3.39. The predicted molar refractivity (Wildman–Crippen MR) is 126 cm³/mol. The molecule has 0 atom stereocenters. The van der Waals surface area contributed by atoms with Gasteiger partial charge in [0.05, 0.1) is 13.2 Å². The molecule has 2 fully saturated rings. The van der Waals surface area contributed by atoms with E-state index in [9.17, 15) is 14.4 Å². The van der Waals surface area contributed by atoms with Crippen molar-refractivity contribution in [3.8, 4) is 5.75 Å². The van der Waals surface area contributed by atoms with Gasteiger partial charge in [-0.05, 0) is 68.3 Å². The first kappa shape index (κ1) is 22.8. The fourth-order valence-corrected chi connectivity index (χ4v) is 3.83. The van der Waals surface area contributed by atoms with E-state index in [1.807, 2.05) is 24.0 Å². The first-order valence-electron chi connectivity index (χ1n) is 11.5. The fourth-order valence-electron chi connectivity index (χ4n) is 3.83. The zero-order chi connectivity index (χ0) is 23.2. The lowest BCUT2D eigenvalue weighted by Crippen LogP contribution is -2.50. The molecule has 4 rings (SSSR count). The van der Waals surface area contributed by atoms with Crippen LogP contribution < -0.4 is 15.4 Å². The van der Waals surface area contributed by atoms with Crippen molar-refractivity contribution in [3.05, 3.63) is 54.1 Å². The van der Waals surface area contributed by atoms with Crippen molar-refractivity contribution in [2.75, 3.05) is 50.0 Å². The second-order valence-electron chi connectivity index (χ2n) is 8.41. The summed E-state index contributed by atoms with van der Waals surface area (Å²) in [6.07, 6.45) is 2.03. The van der Waals surface area contributed by atoms with Crippen molar-refractivity contribution >= 4 is 29.1 Å². The summed E-state index contributed by atoms with van der Waals surface area (Å²) in [6, 6.07) is 14.0. The molecule has 0 bridgehead atoms. The molecule has 8 heteroatoms. The molecule has 33 heavy (non-hydrogen) atoms. The zero-order valence-corrected chi connectivity index (χ0v) is 18.9. The molecular formula is C25H30N4O4. The highest BCUT2D eigenvalue weighted by Crippen LogP contribution is 2.31. The number of ether oxygens (including phenoxy) is 1. The molecule has 1 saturated carbocycles. The molecule has 1 aliphatic carbocycles. The molecule has 2 aromatic carbocycles. The second kappa shape index (κ2) is 10.5. The number of nitrogens with zero attached hydrogens (tertiary/aromatic N) is 2. The van der Waals surface area contributed by atoms with E-state index < -0.39 is 0 Å². The smallest absolute Gasteiger partial charge is 0.255 e. The Labute approximate surface area is 193 Å². The minimum atomic E-state index is -0.226. The lowest BCUT2D eigenvalue weighted by molar-refractivity contribution is -0.134. The molecule has 2 N–H and O–H groups in total. The van der Waals surface area contributed by atoms with Crippen LogP contribution in [0.2, 0.25) is 0 Å². The number of benzene rings is 2. The van der Waals surface area contributed by atoms with E-state index >= 15 is 0 Å². The van der Waals surface area contributed by atoms with E-state index in [2.05, 4.69) is 15.5 Å². The summed E-state index contributed by atoms with van der Waals surface area (Å²) < 4.78 is 5.40. The van der Waals surface area contributed by atoms with Crippen LogP contribution in [0.15, 0.2) is 48.5 Å². The maximum Gasteiger partial charge on any atom is 0.255 e. The van der Waals surface area contributed by atoms with Gasteiger partial charge in [-0.2, -0.15) is 0 Å². The van der Waals surface area contributed by atoms with Crippen LogP contribution in [0.3, 0.4) is 0 Å². The van der Waals surface area contributed by atoms with Crippen molar-refractivity contribution in [2.45, 2.75) is 19.8 Å². The lowest BCUT2D eigenvalue weighted by Gasteiger charge is -2.34. The topological polar surface area (TPSA) is 91.0 Å². The predicted octanol–water partition coefficient (Wildman–Crippen LogP) is 2.83. The number of nitrogens with one attached hydrogen (secondary N) is 2. The number of carbonyl (C=O) groups excluding carboxylic acids is 3. The Morgan fingerprint density at radius 2 is 1.48 bits per heavy atom. The van der Waals surface area contributed by atoms with E-state index in [1.54, 1.807) is 36.4 Å². The third-order valence-corrected chi connectivity index (χ3v) is 5.83. The van der Waals surface area contributed by atoms with E-state index in [4.69, 9.17) is 4.74 Å². The maximum atomic E-state index is 12.5. The molecule has 1 heterocycles. The summed E-state index contributed by atoms with van der Waals surface area (Å²) in [5, 5.41) is 5.73. The molecule has 3 amide bonds. The number of carbonyl (C=O) groups is 3. The monoisotopic (exact) mass is 450 g/mol. The molecular weight excluding hydrogens is 420 g/mol. The van der Waals surface area contributed by atoms with Gasteiger partial charge in [0.1, 0.15) is 5.75 Å². The Balaban J connectivity index is 1.22. The van der Waals surface area contributed by atoms with Gasteiger partial charge in [-0.3, -0.25) is 19.3 Å². The van der Waals surface area contributed by atoms with Gasteiger partial charge in [-0.15, -0.1) is 0 Å². The van der Waals surface area contributed by atoms with Crippen LogP contribution in [0.4, 0.5) is 11.4 Å². The van der Waals surface area contributed by atoms with E-state index in [1.165, 1.54) is 0 Å². The van der Waals surface area contributed by atoms with Crippen LogP contribution in [-0.2, 0) is 9.59 Å². The molecule has 2 aromatic rings. The van der Waals surface area contributed by atoms with E-state index in [0.717, 1.165) is 18.6 Å². The lowest BCUT2D eigenvalue weighted by atomic mass is 10.2. The quantitative estimate of drug-likeness (QED) is 0.645. The third-order valence-electron chi connectivity index (χ3n) is 5.83. The van der Waals surface area contributed by atoms with Gasteiger partial charge in [0.15, 0.2) is 0 Å². The third kappa shape index (κ3) is 6.32. The highest BCUT2D eigenvalue weighted by molar-refractivity contribution is 6.04. The summed E-state index contributed by atoms with van der Waals surface area (Å²) in [5.41, 5.74) is 1.82. The Bertz CT molecular complexity index is 978. The molecule has 0 aromatic heterocycles. The number of piperazine rings is 1. The Morgan fingerprint density at radius 3 is 2.09 bits per heavy atom. The van der Waals surface area contributed by atoms with Gasteiger partial charge in [-0.1, -0.05) is 0 Å². The summed E-state index contributed by atoms with van der Waals surface area (Å²) in [4.78, 5) is 41.0. The molecule has 0 spiro atoms. The van der Waals surface area contributed by atoms with Crippen LogP contribution in [-0.4, -0.2) is 66.9 Å². The average Bonchev–Trinajstić information content (AvgIpc) is 3.66. The van der Waals surface area contributed by atoms with Gasteiger partial charge >= 0.3 is 0 Å². The van der Waals surface area contributed by atoms with Crippen molar-refractivity contribution in [3.63, 3.8) is 0 Å². The SMILES string of the molecule is CCOc1ccc(NC(=O)c2ccc(NC(=O)CN3CCN(C(=O)C4CC4)CC3)cc2)cc1. The zero-order valence-electron chi connectivity index (χ0n) is 18.9. The summed E-state index contributed by atoms with van der Waals surface area (Å²) >= 11 is 0. The van der Waals surface area contributed by atoms with E-state index in [-0.39, 0.29) is 30.2 Å². The normalized spacial score (nSPS) is 16.2. The summed E-state index contributed by atoms with van der Waals surface area (Å²) in [6.45, 7) is 5.56. The molecule has 174 valence electrons. The van der Waals surface area contributed by atoms with Crippen molar-refractivity contribution in [2.24, 2.45) is 5.92 Å². The molecule has 0 radical (unpaired) electrons. The number of amides is 3. The van der Waals surface area contributed by atoms with Crippen molar-refractivity contribution in [1.82, 2.24) is 9.80 Å².